The summed E-state index contributed by atoms with van der Waals surface area (Å²) >= 11 is 1.62. The van der Waals surface area contributed by atoms with Crippen molar-refractivity contribution in [2.75, 3.05) is 5.75 Å². The van der Waals surface area contributed by atoms with Crippen molar-refractivity contribution in [2.45, 2.75) is 25.6 Å². The highest BCUT2D eigenvalue weighted by molar-refractivity contribution is 7.99. The Balaban J connectivity index is 1.71. The zero-order chi connectivity index (χ0) is 14.4. The minimum atomic E-state index is -0.0128. The minimum Gasteiger partial charge on any atom is -0.349 e. The number of benzene rings is 1. The Labute approximate surface area is 123 Å². The lowest BCUT2D eigenvalue weighted by Gasteiger charge is -2.11. The Kier molecular flexibility index (Phi) is 5.24. The Morgan fingerprint density at radius 2 is 2.15 bits per heavy atom. The molecular weight excluding hydrogens is 270 g/mol. The summed E-state index contributed by atoms with van der Waals surface area (Å²) < 4.78 is 0. The van der Waals surface area contributed by atoms with Crippen LogP contribution in [0.3, 0.4) is 0 Å². The molecule has 2 N–H and O–H groups in total. The molecule has 106 valence electrons. The molecule has 1 heterocycles. The first kappa shape index (κ1) is 14.7. The van der Waals surface area contributed by atoms with E-state index in [1.54, 1.807) is 24.2 Å². The lowest BCUT2D eigenvalue weighted by atomic mass is 10.2. The molecule has 0 saturated heterocycles. The topological polar surface area (TPSA) is 57.8 Å². The van der Waals surface area contributed by atoms with Gasteiger partial charge in [-0.15, -0.1) is 11.8 Å². The van der Waals surface area contributed by atoms with Gasteiger partial charge in [-0.25, -0.2) is 0 Å². The first-order chi connectivity index (χ1) is 9.65. The van der Waals surface area contributed by atoms with Gasteiger partial charge in [-0.1, -0.05) is 29.8 Å². The Hall–Kier alpha value is -1.75. The number of nitrogens with zero attached hydrogens (tertiary/aromatic N) is 1. The summed E-state index contributed by atoms with van der Waals surface area (Å²) in [7, 11) is 0. The average Bonchev–Trinajstić information content (AvgIpc) is 2.95. The zero-order valence-electron chi connectivity index (χ0n) is 11.7. The van der Waals surface area contributed by atoms with Crippen LogP contribution < -0.4 is 5.32 Å². The van der Waals surface area contributed by atoms with Crippen LogP contribution in [0.4, 0.5) is 0 Å². The molecule has 0 aliphatic heterocycles. The van der Waals surface area contributed by atoms with E-state index in [1.165, 1.54) is 11.1 Å². The number of nitrogens with one attached hydrogen (secondary N) is 2. The standard InChI is InChI=1S/C15H19N3OS/c1-11-3-5-13(6-4-11)9-20-10-15(19)18-12(2)14-7-16-17-8-14/h3-8,12H,9-10H2,1-2H3,(H,16,17)(H,18,19). The normalized spacial score (nSPS) is 12.1. The molecule has 0 fully saturated rings. The molecule has 0 radical (unpaired) electrons. The molecule has 5 heteroatoms. The maximum atomic E-state index is 11.8. The van der Waals surface area contributed by atoms with Gasteiger partial charge >= 0.3 is 0 Å². The summed E-state index contributed by atoms with van der Waals surface area (Å²) in [5.74, 6) is 1.37. The van der Waals surface area contributed by atoms with Crippen molar-refractivity contribution < 1.29 is 4.79 Å². The number of hydrogen-bond acceptors (Lipinski definition) is 3. The molecule has 0 aliphatic rings. The number of amides is 1. The third-order valence-corrected chi connectivity index (χ3v) is 4.02. The van der Waals surface area contributed by atoms with E-state index < -0.39 is 0 Å². The van der Waals surface area contributed by atoms with Crippen LogP contribution in [0.2, 0.25) is 0 Å². The number of hydrogen-bond donors (Lipinski definition) is 2. The Morgan fingerprint density at radius 3 is 2.80 bits per heavy atom. The molecule has 1 aromatic carbocycles. The van der Waals surface area contributed by atoms with Crippen molar-refractivity contribution in [1.29, 1.82) is 0 Å². The monoisotopic (exact) mass is 289 g/mol. The van der Waals surface area contributed by atoms with E-state index in [1.807, 2.05) is 6.92 Å². The molecule has 4 nitrogen and oxygen atoms in total. The van der Waals surface area contributed by atoms with Crippen LogP contribution >= 0.6 is 11.8 Å². The number of aromatic amines is 1. The lowest BCUT2D eigenvalue weighted by molar-refractivity contribution is -0.119. The summed E-state index contributed by atoms with van der Waals surface area (Å²) in [6.07, 6.45) is 3.52. The predicted molar refractivity (Wildman–Crippen MR) is 82.5 cm³/mol. The van der Waals surface area contributed by atoms with Gasteiger partial charge in [0.25, 0.3) is 0 Å². The second-order valence-corrected chi connectivity index (χ2v) is 5.78. The first-order valence-corrected chi connectivity index (χ1v) is 7.72. The largest absolute Gasteiger partial charge is 0.349 e. The van der Waals surface area contributed by atoms with Crippen LogP contribution in [0.1, 0.15) is 29.7 Å². The molecule has 1 aromatic heterocycles. The summed E-state index contributed by atoms with van der Waals surface area (Å²) in [4.78, 5) is 11.8. The second-order valence-electron chi connectivity index (χ2n) is 4.80. The highest BCUT2D eigenvalue weighted by Crippen LogP contribution is 2.14. The molecular formula is C15H19N3OS. The first-order valence-electron chi connectivity index (χ1n) is 6.56. The minimum absolute atomic E-state index is 0.0128. The van der Waals surface area contributed by atoms with Gasteiger partial charge in [0.15, 0.2) is 0 Å². The van der Waals surface area contributed by atoms with Gasteiger partial charge in [-0.05, 0) is 19.4 Å². The number of aromatic nitrogens is 2. The van der Waals surface area contributed by atoms with E-state index in [0.717, 1.165) is 11.3 Å². The van der Waals surface area contributed by atoms with Gasteiger partial charge in [0.05, 0.1) is 18.0 Å². The number of aryl methyl sites for hydroxylation is 1. The molecule has 1 atom stereocenters. The summed E-state index contributed by atoms with van der Waals surface area (Å²) in [6, 6.07) is 8.39. The van der Waals surface area contributed by atoms with Gasteiger partial charge < -0.3 is 5.32 Å². The smallest absolute Gasteiger partial charge is 0.230 e. The molecule has 20 heavy (non-hydrogen) atoms. The molecule has 2 rings (SSSR count). The quantitative estimate of drug-likeness (QED) is 0.859. The van der Waals surface area contributed by atoms with Crippen LogP contribution in [0, 0.1) is 6.92 Å². The molecule has 0 spiro atoms. The van der Waals surface area contributed by atoms with Crippen molar-refractivity contribution >= 4 is 17.7 Å². The van der Waals surface area contributed by atoms with E-state index in [2.05, 4.69) is 46.7 Å². The zero-order valence-corrected chi connectivity index (χ0v) is 12.5. The molecule has 0 aliphatic carbocycles. The number of H-pyrrole nitrogens is 1. The van der Waals surface area contributed by atoms with Crippen LogP contribution in [0.25, 0.3) is 0 Å². The summed E-state index contributed by atoms with van der Waals surface area (Å²) in [5.41, 5.74) is 3.49. The molecule has 0 saturated carbocycles. The number of carbonyl (C=O) groups excluding carboxylic acids is 1. The van der Waals surface area contributed by atoms with Gasteiger partial charge in [-0.3, -0.25) is 9.89 Å². The van der Waals surface area contributed by atoms with E-state index in [9.17, 15) is 4.79 Å². The van der Waals surface area contributed by atoms with Gasteiger partial charge in [0.2, 0.25) is 5.91 Å². The predicted octanol–water partition coefficient (Wildman–Crippen LogP) is 2.83. The van der Waals surface area contributed by atoms with Gasteiger partial charge in [0.1, 0.15) is 0 Å². The fourth-order valence-corrected chi connectivity index (χ4v) is 2.61. The van der Waals surface area contributed by atoms with Crippen LogP contribution in [0.15, 0.2) is 36.7 Å². The maximum Gasteiger partial charge on any atom is 0.230 e. The van der Waals surface area contributed by atoms with Crippen molar-refractivity contribution in [3.63, 3.8) is 0 Å². The molecule has 2 aromatic rings. The van der Waals surface area contributed by atoms with Crippen LogP contribution in [-0.2, 0) is 10.5 Å². The summed E-state index contributed by atoms with van der Waals surface area (Å²) in [6.45, 7) is 4.02. The van der Waals surface area contributed by atoms with Crippen LogP contribution in [0.5, 0.6) is 0 Å². The van der Waals surface area contributed by atoms with Crippen molar-refractivity contribution in [1.82, 2.24) is 15.5 Å². The highest BCUT2D eigenvalue weighted by Gasteiger charge is 2.10. The third kappa shape index (κ3) is 4.42. The van der Waals surface area contributed by atoms with Crippen LogP contribution in [-0.4, -0.2) is 21.9 Å². The van der Waals surface area contributed by atoms with E-state index in [-0.39, 0.29) is 11.9 Å². The fourth-order valence-electron chi connectivity index (χ4n) is 1.81. The van der Waals surface area contributed by atoms with Crippen molar-refractivity contribution in [2.24, 2.45) is 0 Å². The van der Waals surface area contributed by atoms with Gasteiger partial charge in [-0.2, -0.15) is 5.10 Å². The Morgan fingerprint density at radius 1 is 1.40 bits per heavy atom. The van der Waals surface area contributed by atoms with E-state index in [4.69, 9.17) is 0 Å². The molecule has 0 bridgehead atoms. The number of rotatable bonds is 6. The molecule has 1 amide bonds. The number of thioether (sulfide) groups is 1. The van der Waals surface area contributed by atoms with Crippen molar-refractivity contribution in [3.8, 4) is 0 Å². The Bertz CT molecular complexity index is 537. The number of carbonyl (C=O) groups is 1. The van der Waals surface area contributed by atoms with Crippen molar-refractivity contribution in [3.05, 3.63) is 53.3 Å². The second kappa shape index (κ2) is 7.14. The third-order valence-electron chi connectivity index (χ3n) is 3.02. The summed E-state index contributed by atoms with van der Waals surface area (Å²) in [5, 5.41) is 9.58. The highest BCUT2D eigenvalue weighted by atomic mass is 32.2. The fraction of sp³-hybridized carbons (Fsp3) is 0.333. The maximum absolute atomic E-state index is 11.8. The molecule has 1 unspecified atom stereocenters. The van der Waals surface area contributed by atoms with Gasteiger partial charge in [0, 0.05) is 17.5 Å². The van der Waals surface area contributed by atoms with E-state index >= 15 is 0 Å². The lowest BCUT2D eigenvalue weighted by Crippen LogP contribution is -2.28. The van der Waals surface area contributed by atoms with E-state index in [0.29, 0.717) is 5.75 Å². The average molecular weight is 289 g/mol. The SMILES string of the molecule is Cc1ccc(CSCC(=O)NC(C)c2cn[nH]c2)cc1.